The molecule has 0 aromatic rings. The van der Waals surface area contributed by atoms with Crippen LogP contribution in [0.5, 0.6) is 0 Å². The van der Waals surface area contributed by atoms with Crippen molar-refractivity contribution in [3.05, 3.63) is 0 Å². The highest BCUT2D eigenvalue weighted by Crippen LogP contribution is 2.46. The highest BCUT2D eigenvalue weighted by molar-refractivity contribution is 8.01. The van der Waals surface area contributed by atoms with Gasteiger partial charge < -0.3 is 5.32 Å². The third kappa shape index (κ3) is 3.16. The van der Waals surface area contributed by atoms with E-state index in [-0.39, 0.29) is 0 Å². The standard InChI is InChI=1S/C14H27NS/c1-11(2)9-13-5-4-7-14(10-13)15-8-6-12(3)16-14/h11-13,15H,4-10H2,1-3H3. The van der Waals surface area contributed by atoms with Crippen LogP contribution in [0.15, 0.2) is 0 Å². The monoisotopic (exact) mass is 241 g/mol. The fourth-order valence-corrected chi connectivity index (χ4v) is 5.26. The minimum absolute atomic E-state index is 0.454. The molecule has 16 heavy (non-hydrogen) atoms. The SMILES string of the molecule is CC(C)CC1CCCC2(C1)NCCC(C)S2. The van der Waals surface area contributed by atoms with E-state index in [0.717, 1.165) is 17.1 Å². The number of hydrogen-bond donors (Lipinski definition) is 1. The van der Waals surface area contributed by atoms with E-state index in [2.05, 4.69) is 37.8 Å². The minimum Gasteiger partial charge on any atom is -0.303 e. The van der Waals surface area contributed by atoms with E-state index >= 15 is 0 Å². The molecule has 1 aliphatic carbocycles. The topological polar surface area (TPSA) is 12.0 Å². The van der Waals surface area contributed by atoms with Crippen LogP contribution in [0.1, 0.15) is 59.3 Å². The lowest BCUT2D eigenvalue weighted by atomic mass is 9.80. The van der Waals surface area contributed by atoms with E-state index in [4.69, 9.17) is 0 Å². The van der Waals surface area contributed by atoms with Crippen LogP contribution in [-0.4, -0.2) is 16.7 Å². The smallest absolute Gasteiger partial charge is 0.0650 e. The van der Waals surface area contributed by atoms with Crippen molar-refractivity contribution < 1.29 is 0 Å². The zero-order valence-electron chi connectivity index (χ0n) is 11.1. The Morgan fingerprint density at radius 2 is 2.19 bits per heavy atom. The summed E-state index contributed by atoms with van der Waals surface area (Å²) >= 11 is 2.23. The third-order valence-corrected chi connectivity index (χ3v) is 5.65. The summed E-state index contributed by atoms with van der Waals surface area (Å²) in [6.45, 7) is 8.37. The molecule has 0 radical (unpaired) electrons. The van der Waals surface area contributed by atoms with Gasteiger partial charge in [-0.3, -0.25) is 0 Å². The zero-order valence-corrected chi connectivity index (χ0v) is 11.9. The van der Waals surface area contributed by atoms with Gasteiger partial charge in [-0.2, -0.15) is 0 Å². The van der Waals surface area contributed by atoms with E-state index in [1.165, 1.54) is 45.1 Å². The second-order valence-corrected chi connectivity index (χ2v) is 8.05. The Morgan fingerprint density at radius 1 is 1.38 bits per heavy atom. The molecule has 1 saturated heterocycles. The van der Waals surface area contributed by atoms with Crippen LogP contribution in [0, 0.1) is 11.8 Å². The second kappa shape index (κ2) is 5.30. The van der Waals surface area contributed by atoms with Crippen LogP contribution in [0.25, 0.3) is 0 Å². The normalized spacial score (nSPS) is 40.5. The van der Waals surface area contributed by atoms with Crippen molar-refractivity contribution in [2.75, 3.05) is 6.54 Å². The first-order chi connectivity index (χ1) is 7.60. The van der Waals surface area contributed by atoms with Gasteiger partial charge in [0.05, 0.1) is 4.87 Å². The van der Waals surface area contributed by atoms with Gasteiger partial charge in [0, 0.05) is 5.25 Å². The molecule has 1 spiro atoms. The molecule has 94 valence electrons. The molecule has 1 nitrogen and oxygen atoms in total. The Labute approximate surface area is 105 Å². The molecular weight excluding hydrogens is 214 g/mol. The van der Waals surface area contributed by atoms with Gasteiger partial charge in [0.15, 0.2) is 0 Å². The minimum atomic E-state index is 0.454. The largest absolute Gasteiger partial charge is 0.303 e. The molecule has 0 aromatic carbocycles. The molecule has 2 heteroatoms. The van der Waals surface area contributed by atoms with Gasteiger partial charge in [-0.1, -0.05) is 33.6 Å². The first-order valence-corrected chi connectivity index (χ1v) is 7.90. The molecule has 1 saturated carbocycles. The maximum absolute atomic E-state index is 3.83. The first-order valence-electron chi connectivity index (χ1n) is 7.02. The Morgan fingerprint density at radius 3 is 2.88 bits per heavy atom. The fraction of sp³-hybridized carbons (Fsp3) is 1.00. The maximum atomic E-state index is 3.83. The Bertz CT molecular complexity index is 225. The quantitative estimate of drug-likeness (QED) is 0.783. The molecule has 1 N–H and O–H groups in total. The fourth-order valence-electron chi connectivity index (χ4n) is 3.47. The molecule has 3 atom stereocenters. The van der Waals surface area contributed by atoms with Crippen molar-refractivity contribution in [1.82, 2.24) is 5.32 Å². The summed E-state index contributed by atoms with van der Waals surface area (Å²) in [6.07, 6.45) is 8.50. The summed E-state index contributed by atoms with van der Waals surface area (Å²) in [5.74, 6) is 1.84. The van der Waals surface area contributed by atoms with Crippen LogP contribution in [0.3, 0.4) is 0 Å². The molecule has 3 unspecified atom stereocenters. The number of nitrogens with one attached hydrogen (secondary N) is 1. The average Bonchev–Trinajstić information content (AvgIpc) is 2.15. The van der Waals surface area contributed by atoms with Crippen LogP contribution < -0.4 is 5.32 Å². The third-order valence-electron chi connectivity index (χ3n) is 4.04. The summed E-state index contributed by atoms with van der Waals surface area (Å²) in [4.78, 5) is 0.454. The number of thioether (sulfide) groups is 1. The zero-order chi connectivity index (χ0) is 11.6. The van der Waals surface area contributed by atoms with E-state index in [9.17, 15) is 0 Å². The molecule has 2 aliphatic rings. The van der Waals surface area contributed by atoms with Crippen LogP contribution in [0.2, 0.25) is 0 Å². The maximum Gasteiger partial charge on any atom is 0.0650 e. The second-order valence-electron chi connectivity index (χ2n) is 6.23. The molecule has 0 amide bonds. The summed E-state index contributed by atoms with van der Waals surface area (Å²) < 4.78 is 0. The van der Waals surface area contributed by atoms with E-state index in [1.807, 2.05) is 0 Å². The Balaban J connectivity index is 1.94. The molecule has 1 heterocycles. The molecule has 0 bridgehead atoms. The van der Waals surface area contributed by atoms with Gasteiger partial charge >= 0.3 is 0 Å². The predicted octanol–water partition coefficient (Wildman–Crippen LogP) is 4.03. The lowest BCUT2D eigenvalue weighted by molar-refractivity contribution is 0.226. The average molecular weight is 241 g/mol. The van der Waals surface area contributed by atoms with Gasteiger partial charge in [-0.15, -0.1) is 11.8 Å². The van der Waals surface area contributed by atoms with Crippen molar-refractivity contribution in [2.24, 2.45) is 11.8 Å². The summed E-state index contributed by atoms with van der Waals surface area (Å²) in [6, 6.07) is 0. The predicted molar refractivity (Wildman–Crippen MR) is 73.8 cm³/mol. The molecule has 2 rings (SSSR count). The molecular formula is C14H27NS. The van der Waals surface area contributed by atoms with Crippen molar-refractivity contribution >= 4 is 11.8 Å². The van der Waals surface area contributed by atoms with Gasteiger partial charge in [0.25, 0.3) is 0 Å². The van der Waals surface area contributed by atoms with Crippen molar-refractivity contribution in [3.8, 4) is 0 Å². The van der Waals surface area contributed by atoms with E-state index < -0.39 is 0 Å². The van der Waals surface area contributed by atoms with E-state index in [0.29, 0.717) is 4.87 Å². The van der Waals surface area contributed by atoms with Crippen molar-refractivity contribution in [1.29, 1.82) is 0 Å². The van der Waals surface area contributed by atoms with E-state index in [1.54, 1.807) is 0 Å². The lowest BCUT2D eigenvalue weighted by Gasteiger charge is -2.46. The summed E-state index contributed by atoms with van der Waals surface area (Å²) in [7, 11) is 0. The molecule has 0 aromatic heterocycles. The summed E-state index contributed by atoms with van der Waals surface area (Å²) in [5, 5.41) is 4.69. The Kier molecular flexibility index (Phi) is 4.23. The van der Waals surface area contributed by atoms with Crippen molar-refractivity contribution in [3.63, 3.8) is 0 Å². The van der Waals surface area contributed by atoms with Crippen LogP contribution >= 0.6 is 11.8 Å². The number of hydrogen-bond acceptors (Lipinski definition) is 2. The lowest BCUT2D eigenvalue weighted by Crippen LogP contribution is -2.50. The molecule has 1 aliphatic heterocycles. The Hall–Kier alpha value is 0.310. The highest BCUT2D eigenvalue weighted by Gasteiger charge is 2.39. The number of rotatable bonds is 2. The molecule has 2 fully saturated rings. The van der Waals surface area contributed by atoms with Gasteiger partial charge in [-0.05, 0) is 44.1 Å². The van der Waals surface area contributed by atoms with Crippen LogP contribution in [-0.2, 0) is 0 Å². The van der Waals surface area contributed by atoms with Crippen molar-refractivity contribution in [2.45, 2.75) is 69.4 Å². The summed E-state index contributed by atoms with van der Waals surface area (Å²) in [5.41, 5.74) is 0. The first kappa shape index (κ1) is 12.8. The van der Waals surface area contributed by atoms with Gasteiger partial charge in [0.1, 0.15) is 0 Å². The highest BCUT2D eigenvalue weighted by atomic mass is 32.2. The van der Waals surface area contributed by atoms with Crippen LogP contribution in [0.4, 0.5) is 0 Å². The van der Waals surface area contributed by atoms with Gasteiger partial charge in [-0.25, -0.2) is 0 Å². The van der Waals surface area contributed by atoms with Gasteiger partial charge in [0.2, 0.25) is 0 Å².